The standard InChI is InChI=1S/4C18H18N4.C6H6O6.C6H4O6.4BF4.4Fe/c4*1-4-10-19-16(7-1)13-22(14-17-8-2-5-11-20-17)15-18-9-3-6-12-21-18;2*7-1-2(8)4(10)6(12)5(11)3(1)9;4*2-1(3,4)5;;;;/h4*1-12H,13-15H2;7-12H;7-8,11-12H;;;;;;;;/q;;;;;;4*-1;2*+3;2*+4/p-6. The number of halogens is 16. The molecule has 0 atom stereocenters. The molecule has 4 N–H and O–H groups in total. The van der Waals surface area contributed by atoms with Gasteiger partial charge in [-0.25, -0.2) is 0 Å². The summed E-state index contributed by atoms with van der Waals surface area (Å²) in [5.74, 6) is -18.2. The van der Waals surface area contributed by atoms with Gasteiger partial charge in [-0.3, -0.25) is 89.0 Å². The van der Waals surface area contributed by atoms with Crippen LogP contribution in [0.25, 0.3) is 0 Å². The van der Waals surface area contributed by atoms with Gasteiger partial charge in [-0.15, -0.1) is 0 Å². The first-order chi connectivity index (χ1) is 62.5. The van der Waals surface area contributed by atoms with Gasteiger partial charge in [0.1, 0.15) is 0 Å². The number of phenols is 2. The van der Waals surface area contributed by atoms with Crippen molar-refractivity contribution in [2.24, 2.45) is 0 Å². The molecule has 136 heavy (non-hydrogen) atoms. The third kappa shape index (κ3) is 54.3. The largest absolute Gasteiger partial charge is 4.00 e. The normalized spacial score (nSPS) is 11.3. The van der Waals surface area contributed by atoms with Crippen LogP contribution in [-0.4, -0.2) is 140 Å². The van der Waals surface area contributed by atoms with Gasteiger partial charge < -0.3 is 120 Å². The molecule has 0 saturated carbocycles. The predicted octanol–water partition coefficient (Wildman–Crippen LogP) is 12.3. The Morgan fingerprint density at radius 3 is 0.390 bits per heavy atom. The summed E-state index contributed by atoms with van der Waals surface area (Å²) >= 11 is 0. The van der Waals surface area contributed by atoms with Crippen molar-refractivity contribution in [1.82, 2.24) is 79.4 Å². The first-order valence-electron chi connectivity index (χ1n) is 38.3. The second kappa shape index (κ2) is 64.0. The fraction of sp³-hybridized carbons (Fsp3) is 0.143. The third-order valence-electron chi connectivity index (χ3n) is 15.9. The molecule has 14 rings (SSSR count). The minimum absolute atomic E-state index is 0. The smallest absolute Gasteiger partial charge is 0.870 e. The number of carbonyl (C=O) groups is 2. The van der Waals surface area contributed by atoms with Crippen molar-refractivity contribution in [1.29, 1.82) is 0 Å². The van der Waals surface area contributed by atoms with Crippen molar-refractivity contribution in [2.75, 3.05) is 0 Å². The van der Waals surface area contributed by atoms with Gasteiger partial charge in [-0.1, -0.05) is 95.8 Å². The van der Waals surface area contributed by atoms with E-state index in [9.17, 15) is 109 Å². The summed E-state index contributed by atoms with van der Waals surface area (Å²) in [5, 5.41) is 97.2. The number of aromatic hydroxyl groups is 2. The second-order valence-electron chi connectivity index (χ2n) is 26.4. The summed E-state index contributed by atoms with van der Waals surface area (Å²) in [4.78, 5) is 83.2. The van der Waals surface area contributed by atoms with Gasteiger partial charge in [0.25, 0.3) is 0 Å². The van der Waals surface area contributed by atoms with Gasteiger partial charge in [0.05, 0.1) is 79.8 Å². The number of aromatic nitrogens is 12. The maximum Gasteiger partial charge on any atom is 4.00 e. The number of carbonyl (C=O) groups excluding carboxylic acids is 2. The molecule has 0 amide bonds. The van der Waals surface area contributed by atoms with Crippen LogP contribution in [0.5, 0.6) is 34.5 Å². The Morgan fingerprint density at radius 2 is 0.309 bits per heavy atom. The zero-order valence-electron chi connectivity index (χ0n) is 70.2. The van der Waals surface area contributed by atoms with Crippen LogP contribution in [0.2, 0.25) is 0 Å². The van der Waals surface area contributed by atoms with E-state index >= 15 is 0 Å². The fourth-order valence-corrected chi connectivity index (χ4v) is 10.6. The number of hydrogen-bond donors (Lipinski definition) is 4. The quantitative estimate of drug-likeness (QED) is 0.0189. The van der Waals surface area contributed by atoms with Crippen molar-refractivity contribution in [2.45, 2.75) is 78.5 Å². The Balaban J connectivity index is 0.000000787. The summed E-state index contributed by atoms with van der Waals surface area (Å²) in [6, 6.07) is 72.0. The van der Waals surface area contributed by atoms with E-state index in [0.29, 0.717) is 0 Å². The molecule has 0 spiro atoms. The number of benzene rings is 1. The van der Waals surface area contributed by atoms with Crippen LogP contribution in [0.3, 0.4) is 0 Å². The zero-order chi connectivity index (χ0) is 97.1. The van der Waals surface area contributed by atoms with Gasteiger partial charge in [-0.05, 0) is 157 Å². The van der Waals surface area contributed by atoms with Gasteiger partial charge in [0.2, 0.25) is 11.6 Å². The van der Waals surface area contributed by atoms with Crippen molar-refractivity contribution in [3.8, 4) is 34.5 Å². The summed E-state index contributed by atoms with van der Waals surface area (Å²) in [6.45, 7) is 9.26. The van der Waals surface area contributed by atoms with Gasteiger partial charge in [-0.2, -0.15) is 0 Å². The SMILES string of the molecule is F[B-](F)(F)F.F[B-](F)(F)F.F[B-](F)(F)F.F[B-](F)(F)F.O=C1C([O-])=C(O)C(=O)C([O-])=C1O.[Fe+3].[Fe+3].[Fe+4].[Fe+4].[O-]c1c([O-])c(O)c([O-])c([O-])c1O.c1ccc(CN(Cc2ccccn2)Cc2ccccn2)nc1.c1ccc(CN(Cc2ccccn2)Cc2ccccn2)nc1.c1ccc(CN(Cc2ccccn2)Cc2ccccn2)nc1.c1ccc(CN(Cc2ccccn2)Cc2ccccn2)nc1. The molecule has 12 heterocycles. The Hall–Kier alpha value is -13.1. The fourth-order valence-electron chi connectivity index (χ4n) is 10.6. The van der Waals surface area contributed by atoms with Crippen LogP contribution in [0, 0.1) is 0 Å². The second-order valence-corrected chi connectivity index (χ2v) is 26.4. The Morgan fingerprint density at radius 1 is 0.213 bits per heavy atom. The van der Waals surface area contributed by atoms with Crippen LogP contribution in [-0.2, 0) is 156 Å². The molecule has 1 aromatic carbocycles. The van der Waals surface area contributed by atoms with Gasteiger partial charge in [0.15, 0.2) is 11.5 Å². The number of hydrogen-bond acceptors (Lipinski definition) is 28. The number of phenolic OH excluding ortho intramolecular Hbond substituents is 2. The molecule has 0 aliphatic heterocycles. The molecule has 0 bridgehead atoms. The van der Waals surface area contributed by atoms with E-state index in [4.69, 9.17) is 20.4 Å². The molecule has 0 saturated heterocycles. The number of pyridine rings is 12. The van der Waals surface area contributed by atoms with E-state index < -0.39 is 98.1 Å². The number of aliphatic hydroxyl groups excluding tert-OH is 2. The van der Waals surface area contributed by atoms with Crippen LogP contribution in [0.1, 0.15) is 68.3 Å². The number of Topliss-reactive ketones (excluding diaryl/α,β-unsaturated/α-hetero) is 2. The Bertz CT molecular complexity index is 4410. The maximum absolute atomic E-state index is 10.5. The number of rotatable bonds is 24. The molecule has 2 radical (unpaired) electrons. The van der Waals surface area contributed by atoms with Crippen LogP contribution < -0.4 is 30.6 Å². The minimum Gasteiger partial charge on any atom is -0.870 e. The van der Waals surface area contributed by atoms with Crippen molar-refractivity contribution < 1.29 is 198 Å². The number of aliphatic hydroxyl groups is 2. The molecule has 716 valence electrons. The third-order valence-corrected chi connectivity index (χ3v) is 15.9. The molecule has 12 aromatic heterocycles. The summed E-state index contributed by atoms with van der Waals surface area (Å²) < 4.78 is 156. The molecule has 13 aromatic rings. The van der Waals surface area contributed by atoms with E-state index in [-0.39, 0.29) is 68.3 Å². The summed E-state index contributed by atoms with van der Waals surface area (Å²) in [7, 11) is -24.0. The molecule has 28 nitrogen and oxygen atoms in total. The first-order valence-corrected chi connectivity index (χ1v) is 38.3. The first kappa shape index (κ1) is 121. The minimum atomic E-state index is -6.00. The Kier molecular flexibility index (Phi) is 56.9. The molecular formula is C84H76B4F16Fe4N16O12+4. The molecule has 0 fully saturated rings. The van der Waals surface area contributed by atoms with Crippen LogP contribution in [0.15, 0.2) is 316 Å². The van der Waals surface area contributed by atoms with Gasteiger partial charge in [0, 0.05) is 153 Å². The predicted molar refractivity (Wildman–Crippen MR) is 440 cm³/mol. The summed E-state index contributed by atoms with van der Waals surface area (Å²) in [6.07, 6.45) is 21.9. The van der Waals surface area contributed by atoms with Crippen LogP contribution >= 0.6 is 0 Å². The van der Waals surface area contributed by atoms with Crippen molar-refractivity contribution in [3.63, 3.8) is 0 Å². The molecular weight excluding hydrogens is 2000 g/mol. The van der Waals surface area contributed by atoms with Crippen molar-refractivity contribution >= 4 is 40.6 Å². The average molecular weight is 2070 g/mol. The maximum atomic E-state index is 10.5. The van der Waals surface area contributed by atoms with Crippen molar-refractivity contribution in [3.05, 3.63) is 384 Å². The van der Waals surface area contributed by atoms with E-state index in [0.717, 1.165) is 147 Å². The number of nitrogens with zero attached hydrogens (tertiary/aromatic N) is 16. The monoisotopic (exact) mass is 2070 g/mol. The number of ketones is 2. The van der Waals surface area contributed by atoms with Crippen LogP contribution in [0.4, 0.5) is 69.1 Å². The van der Waals surface area contributed by atoms with Gasteiger partial charge >= 0.3 is 97.3 Å². The molecule has 0 unspecified atom stereocenters. The topological polar surface area (TPSA) is 421 Å². The van der Waals surface area contributed by atoms with E-state index in [2.05, 4.69) is 79.4 Å². The average Bonchev–Trinajstić information content (AvgIpc) is 0.810. The van der Waals surface area contributed by atoms with E-state index in [1.165, 1.54) is 0 Å². The summed E-state index contributed by atoms with van der Waals surface area (Å²) in [5.41, 5.74) is 12.6. The van der Waals surface area contributed by atoms with E-state index in [1.54, 1.807) is 0 Å². The van der Waals surface area contributed by atoms with E-state index in [1.807, 2.05) is 293 Å². The molecule has 1 aliphatic carbocycles. The zero-order valence-corrected chi connectivity index (χ0v) is 74.6. The molecule has 52 heteroatoms. The Labute approximate surface area is 810 Å². The molecule has 1 aliphatic rings.